The third kappa shape index (κ3) is 14.8. The van der Waals surface area contributed by atoms with Gasteiger partial charge in [-0.25, -0.2) is 4.79 Å². The first-order chi connectivity index (χ1) is 9.47. The van der Waals surface area contributed by atoms with Gasteiger partial charge in [-0.3, -0.25) is 4.79 Å². The molecule has 0 aromatic rings. The van der Waals surface area contributed by atoms with E-state index in [1.54, 1.807) is 0 Å². The van der Waals surface area contributed by atoms with E-state index in [0.717, 1.165) is 19.3 Å². The van der Waals surface area contributed by atoms with E-state index >= 15 is 0 Å². The predicted octanol–water partition coefficient (Wildman–Crippen LogP) is 2.92. The topological polar surface area (TPSA) is 69.4 Å². The van der Waals surface area contributed by atoms with Crippen molar-refractivity contribution < 1.29 is 14.3 Å². The van der Waals surface area contributed by atoms with Crippen LogP contribution in [-0.2, 0) is 14.3 Å². The first-order valence-corrected chi connectivity index (χ1v) is 7.97. The van der Waals surface area contributed by atoms with Crippen LogP contribution in [0.25, 0.3) is 0 Å². The van der Waals surface area contributed by atoms with E-state index < -0.39 is 18.0 Å². The fraction of sp³-hybridized carbons (Fsp3) is 0.875. The van der Waals surface area contributed by atoms with E-state index in [0.29, 0.717) is 18.8 Å². The van der Waals surface area contributed by atoms with Crippen molar-refractivity contribution in [2.75, 3.05) is 0 Å². The average molecular weight is 309 g/mol. The summed E-state index contributed by atoms with van der Waals surface area (Å²) in [5.41, 5.74) is 5.66. The molecular formula is C16H32NNaO3. The maximum absolute atomic E-state index is 11.5. The van der Waals surface area contributed by atoms with Gasteiger partial charge in [-0.05, 0) is 18.8 Å². The second-order valence-corrected chi connectivity index (χ2v) is 5.90. The van der Waals surface area contributed by atoms with Crippen LogP contribution in [0.2, 0.25) is 0 Å². The van der Waals surface area contributed by atoms with Crippen molar-refractivity contribution in [1.29, 1.82) is 0 Å². The van der Waals surface area contributed by atoms with Crippen molar-refractivity contribution in [2.45, 2.75) is 84.6 Å². The Balaban J connectivity index is 0. The van der Waals surface area contributed by atoms with Crippen molar-refractivity contribution in [2.24, 2.45) is 11.7 Å². The molecule has 0 aromatic heterocycles. The molecular weight excluding hydrogens is 277 g/mol. The van der Waals surface area contributed by atoms with Gasteiger partial charge >= 0.3 is 41.5 Å². The third-order valence-electron chi connectivity index (χ3n) is 3.23. The van der Waals surface area contributed by atoms with Crippen LogP contribution in [0.15, 0.2) is 0 Å². The van der Waals surface area contributed by atoms with Gasteiger partial charge in [0.25, 0.3) is 0 Å². The Bertz CT molecular complexity index is 283. The van der Waals surface area contributed by atoms with Gasteiger partial charge in [0, 0.05) is 6.42 Å². The van der Waals surface area contributed by atoms with Gasteiger partial charge in [0.15, 0.2) is 0 Å². The molecule has 0 radical (unpaired) electrons. The fourth-order valence-electron chi connectivity index (χ4n) is 2.07. The number of carbonyl (C=O) groups is 2. The molecule has 0 rings (SSSR count). The number of hydrogen-bond donors (Lipinski definition) is 1. The van der Waals surface area contributed by atoms with E-state index in [1.807, 2.05) is 13.8 Å². The summed E-state index contributed by atoms with van der Waals surface area (Å²) in [5, 5.41) is 0. The molecule has 5 heteroatoms. The second-order valence-electron chi connectivity index (χ2n) is 5.90. The summed E-state index contributed by atoms with van der Waals surface area (Å²) in [4.78, 5) is 23.0. The number of carbonyl (C=O) groups excluding carboxylic acids is 2. The van der Waals surface area contributed by atoms with Gasteiger partial charge in [0.05, 0.1) is 0 Å². The van der Waals surface area contributed by atoms with Crippen molar-refractivity contribution >= 4 is 41.5 Å². The zero-order chi connectivity index (χ0) is 15.4. The molecule has 0 spiro atoms. The summed E-state index contributed by atoms with van der Waals surface area (Å²) in [6, 6.07) is -0.687. The Kier molecular flexibility index (Phi) is 16.7. The molecule has 4 nitrogen and oxygen atoms in total. The minimum atomic E-state index is -0.687. The minimum absolute atomic E-state index is 0. The second kappa shape index (κ2) is 15.0. The Morgan fingerprint density at radius 2 is 1.52 bits per heavy atom. The first-order valence-electron chi connectivity index (χ1n) is 7.97. The summed E-state index contributed by atoms with van der Waals surface area (Å²) in [6.45, 7) is 6.15. The van der Waals surface area contributed by atoms with Gasteiger partial charge in [-0.15, -0.1) is 0 Å². The van der Waals surface area contributed by atoms with Crippen molar-refractivity contribution in [3.63, 3.8) is 0 Å². The molecule has 0 heterocycles. The summed E-state index contributed by atoms with van der Waals surface area (Å²) >= 11 is 0. The SMILES string of the molecule is CCCCCCCCCC(=O)OC(=O)[C@@H](N)CC(C)C.[NaH]. The Hall–Kier alpha value is 0.1000. The molecule has 0 aromatic carbocycles. The van der Waals surface area contributed by atoms with E-state index in [-0.39, 0.29) is 29.6 Å². The Labute approximate surface area is 151 Å². The quantitative estimate of drug-likeness (QED) is 0.276. The first kappa shape index (κ1) is 23.4. The molecule has 0 saturated carbocycles. The van der Waals surface area contributed by atoms with Crippen LogP contribution in [0, 0.1) is 5.92 Å². The normalized spacial score (nSPS) is 11.9. The van der Waals surface area contributed by atoms with Crippen LogP contribution in [0.4, 0.5) is 0 Å². The molecule has 0 unspecified atom stereocenters. The Morgan fingerprint density at radius 1 is 1.00 bits per heavy atom. The zero-order valence-electron chi connectivity index (χ0n) is 13.3. The van der Waals surface area contributed by atoms with Crippen LogP contribution in [0.1, 0.15) is 78.6 Å². The fourth-order valence-corrected chi connectivity index (χ4v) is 2.07. The number of nitrogens with two attached hydrogens (primary N) is 1. The van der Waals surface area contributed by atoms with Crippen LogP contribution >= 0.6 is 0 Å². The van der Waals surface area contributed by atoms with Gasteiger partial charge in [0.2, 0.25) is 0 Å². The van der Waals surface area contributed by atoms with E-state index in [4.69, 9.17) is 10.5 Å². The summed E-state index contributed by atoms with van der Waals surface area (Å²) < 4.78 is 4.76. The maximum atomic E-state index is 11.5. The molecule has 0 aliphatic rings. The molecule has 0 aliphatic carbocycles. The molecule has 2 N–H and O–H groups in total. The standard InChI is InChI=1S/C16H31NO3.Na.H/c1-4-5-6-7-8-9-10-11-15(18)20-16(19)14(17)12-13(2)3;;/h13-14H,4-12,17H2,1-3H3;;/t14-;;/m0../s1. The molecule has 0 amide bonds. The van der Waals surface area contributed by atoms with Crippen LogP contribution < -0.4 is 5.73 Å². The number of rotatable bonds is 11. The van der Waals surface area contributed by atoms with Crippen LogP contribution in [0.5, 0.6) is 0 Å². The van der Waals surface area contributed by atoms with Gasteiger partial charge in [-0.2, -0.15) is 0 Å². The third-order valence-corrected chi connectivity index (χ3v) is 3.23. The van der Waals surface area contributed by atoms with Crippen LogP contribution in [-0.4, -0.2) is 47.5 Å². The predicted molar refractivity (Wildman–Crippen MR) is 88.3 cm³/mol. The molecule has 120 valence electrons. The summed E-state index contributed by atoms with van der Waals surface area (Å²) in [5.74, 6) is -0.717. The van der Waals surface area contributed by atoms with Gasteiger partial charge < -0.3 is 10.5 Å². The Morgan fingerprint density at radius 3 is 2.05 bits per heavy atom. The van der Waals surface area contributed by atoms with E-state index in [9.17, 15) is 9.59 Å². The summed E-state index contributed by atoms with van der Waals surface area (Å²) in [6.07, 6.45) is 8.83. The molecule has 0 bridgehead atoms. The van der Waals surface area contributed by atoms with E-state index in [1.165, 1.54) is 25.7 Å². The molecule has 0 fully saturated rings. The number of hydrogen-bond acceptors (Lipinski definition) is 4. The molecule has 1 atom stereocenters. The number of ether oxygens (including phenoxy) is 1. The van der Waals surface area contributed by atoms with Gasteiger partial charge in [0.1, 0.15) is 6.04 Å². The molecule has 0 aliphatic heterocycles. The molecule has 0 saturated heterocycles. The zero-order valence-corrected chi connectivity index (χ0v) is 13.3. The van der Waals surface area contributed by atoms with Crippen LogP contribution in [0.3, 0.4) is 0 Å². The summed E-state index contributed by atoms with van der Waals surface area (Å²) in [7, 11) is 0. The van der Waals surface area contributed by atoms with Crippen molar-refractivity contribution in [3.8, 4) is 0 Å². The monoisotopic (exact) mass is 309 g/mol. The van der Waals surface area contributed by atoms with Crippen molar-refractivity contribution in [1.82, 2.24) is 0 Å². The van der Waals surface area contributed by atoms with Gasteiger partial charge in [-0.1, -0.05) is 59.3 Å². The van der Waals surface area contributed by atoms with E-state index in [2.05, 4.69) is 6.92 Å². The number of esters is 2. The average Bonchev–Trinajstić information content (AvgIpc) is 2.36. The molecule has 21 heavy (non-hydrogen) atoms. The van der Waals surface area contributed by atoms with Crippen molar-refractivity contribution in [3.05, 3.63) is 0 Å². The number of unbranched alkanes of at least 4 members (excludes halogenated alkanes) is 6.